The minimum Gasteiger partial charge on any atom is -0.372 e. The Labute approximate surface area is 167 Å². The zero-order valence-corrected chi connectivity index (χ0v) is 16.4. The number of nitrogens with zero attached hydrogens (tertiary/aromatic N) is 4. The Balaban J connectivity index is 0.000000199. The van der Waals surface area contributed by atoms with E-state index in [1.807, 2.05) is 0 Å². The van der Waals surface area contributed by atoms with E-state index < -0.39 is 21.4 Å². The highest BCUT2D eigenvalue weighted by molar-refractivity contribution is 9.10. The fourth-order valence-corrected chi connectivity index (χ4v) is 2.48. The van der Waals surface area contributed by atoms with Gasteiger partial charge in [0.25, 0.3) is 18.2 Å². The minimum absolute atomic E-state index is 0.00981. The molecule has 0 bridgehead atoms. The van der Waals surface area contributed by atoms with Crippen molar-refractivity contribution in [3.63, 3.8) is 0 Å². The average Bonchev–Trinajstić information content (AvgIpc) is 3.38. The molecule has 0 unspecified atom stereocenters. The first-order valence-corrected chi connectivity index (χ1v) is 8.78. The lowest BCUT2D eigenvalue weighted by Gasteiger charge is -2.02. The molecule has 2 aromatic heterocycles. The molecule has 2 aromatic rings. The van der Waals surface area contributed by atoms with Crippen molar-refractivity contribution in [1.82, 2.24) is 0 Å². The van der Waals surface area contributed by atoms with E-state index in [-0.39, 0.29) is 14.9 Å². The summed E-state index contributed by atoms with van der Waals surface area (Å²) in [5, 5.41) is 42.0. The molecule has 1 aliphatic carbocycles. The molecule has 1 saturated carbocycles. The minimum atomic E-state index is -1.09. The summed E-state index contributed by atoms with van der Waals surface area (Å²) in [6, 6.07) is 2.44. The second kappa shape index (κ2) is 8.39. The van der Waals surface area contributed by atoms with Crippen molar-refractivity contribution >= 4 is 48.9 Å². The van der Waals surface area contributed by atoms with Crippen molar-refractivity contribution in [3.05, 3.63) is 59.8 Å². The third kappa shape index (κ3) is 5.43. The Hall–Kier alpha value is -2.61. The summed E-state index contributed by atoms with van der Waals surface area (Å²) < 4.78 is 14.1. The molecule has 0 saturated heterocycles. The second-order valence-corrected chi connectivity index (χ2v) is 6.97. The first kappa shape index (κ1) is 20.7. The van der Waals surface area contributed by atoms with E-state index in [1.54, 1.807) is 0 Å². The van der Waals surface area contributed by atoms with Gasteiger partial charge in [0.05, 0.1) is 9.85 Å². The van der Waals surface area contributed by atoms with Crippen LogP contribution in [0.1, 0.15) is 12.8 Å². The molecule has 0 spiro atoms. The molecular formula is C13H12Br2FN5O6+2. The first-order chi connectivity index (χ1) is 12.6. The quantitative estimate of drug-likeness (QED) is 0.187. The van der Waals surface area contributed by atoms with E-state index in [9.17, 15) is 29.8 Å². The predicted molar refractivity (Wildman–Crippen MR) is 93.0 cm³/mol. The summed E-state index contributed by atoms with van der Waals surface area (Å²) in [5.41, 5.74) is -0.389. The Morgan fingerprint density at radius 3 is 2.00 bits per heavy atom. The molecule has 144 valence electrons. The molecule has 0 amide bonds. The van der Waals surface area contributed by atoms with E-state index in [0.717, 1.165) is 23.6 Å². The average molecular weight is 513 g/mol. The number of pyridine rings is 2. The number of anilines is 1. The SMILES string of the molecule is O=[N+]([O-])c1cc(Br)[n+](O)cc1F.O=[N+]([O-])c1cc(Br)[n+](O)cc1NC1CC1. The topological polar surface area (TPSA) is 147 Å². The zero-order valence-electron chi connectivity index (χ0n) is 13.3. The van der Waals surface area contributed by atoms with Crippen LogP contribution in [0.5, 0.6) is 0 Å². The van der Waals surface area contributed by atoms with Crippen LogP contribution in [-0.4, -0.2) is 26.3 Å². The Bertz CT molecular complexity index is 911. The lowest BCUT2D eigenvalue weighted by molar-refractivity contribution is -0.914. The Morgan fingerprint density at radius 2 is 1.52 bits per heavy atom. The van der Waals surface area contributed by atoms with Gasteiger partial charge in [-0.2, -0.15) is 4.39 Å². The Morgan fingerprint density at radius 1 is 1.04 bits per heavy atom. The van der Waals surface area contributed by atoms with E-state index in [4.69, 9.17) is 5.21 Å². The third-order valence-corrected chi connectivity index (χ3v) is 4.47. The van der Waals surface area contributed by atoms with Crippen molar-refractivity contribution in [2.75, 3.05) is 5.32 Å². The summed E-state index contributed by atoms with van der Waals surface area (Å²) in [6.07, 6.45) is 3.92. The molecule has 1 fully saturated rings. The maximum Gasteiger partial charge on any atom is 0.318 e. The number of hydrogen-bond acceptors (Lipinski definition) is 7. The number of nitrogens with one attached hydrogen (secondary N) is 1. The first-order valence-electron chi connectivity index (χ1n) is 7.20. The van der Waals surface area contributed by atoms with Crippen LogP contribution in [-0.2, 0) is 0 Å². The van der Waals surface area contributed by atoms with Gasteiger partial charge in [0, 0.05) is 47.4 Å². The smallest absolute Gasteiger partial charge is 0.318 e. The highest BCUT2D eigenvalue weighted by atomic mass is 79.9. The van der Waals surface area contributed by atoms with Gasteiger partial charge in [0.15, 0.2) is 5.69 Å². The molecule has 11 nitrogen and oxygen atoms in total. The van der Waals surface area contributed by atoms with Crippen LogP contribution in [0.25, 0.3) is 0 Å². The second-order valence-electron chi connectivity index (χ2n) is 5.35. The fourth-order valence-electron chi connectivity index (χ4n) is 1.84. The van der Waals surface area contributed by atoms with Crippen molar-refractivity contribution in [3.8, 4) is 0 Å². The molecule has 3 N–H and O–H groups in total. The van der Waals surface area contributed by atoms with Gasteiger partial charge in [-0.1, -0.05) is 0 Å². The maximum atomic E-state index is 12.6. The number of halogens is 3. The monoisotopic (exact) mass is 511 g/mol. The zero-order chi connectivity index (χ0) is 20.3. The maximum absolute atomic E-state index is 12.6. The van der Waals surface area contributed by atoms with E-state index in [1.165, 1.54) is 12.3 Å². The van der Waals surface area contributed by atoms with E-state index >= 15 is 0 Å². The van der Waals surface area contributed by atoms with Gasteiger partial charge in [-0.05, 0) is 12.8 Å². The summed E-state index contributed by atoms with van der Waals surface area (Å²) >= 11 is 5.80. The molecule has 27 heavy (non-hydrogen) atoms. The van der Waals surface area contributed by atoms with Gasteiger partial charge < -0.3 is 5.32 Å². The fraction of sp³-hybridized carbons (Fsp3) is 0.231. The summed E-state index contributed by atoms with van der Waals surface area (Å²) in [5.74, 6) is -1.09. The van der Waals surface area contributed by atoms with Gasteiger partial charge in [-0.25, -0.2) is 0 Å². The van der Waals surface area contributed by atoms with Gasteiger partial charge >= 0.3 is 20.6 Å². The number of aromatic nitrogens is 2. The van der Waals surface area contributed by atoms with E-state index in [0.29, 0.717) is 22.7 Å². The molecule has 2 heterocycles. The van der Waals surface area contributed by atoms with Crippen LogP contribution in [0.4, 0.5) is 21.5 Å². The van der Waals surface area contributed by atoms with Crippen LogP contribution < -0.4 is 14.8 Å². The summed E-state index contributed by atoms with van der Waals surface area (Å²) in [7, 11) is 0. The molecule has 0 aromatic carbocycles. The third-order valence-electron chi connectivity index (χ3n) is 3.29. The highest BCUT2D eigenvalue weighted by Crippen LogP contribution is 2.30. The standard InChI is InChI=1S/C8H9BrN3O3.C5H3BrFN2O3/c9-8-3-7(12(14)15)6(4-11(8)13)10-5-1-2-5;6-5-1-4(9(11)12)3(7)2-8(5)10/h3-5,10,13H,1-2H2;1-2,10H/q2*+1. The van der Waals surface area contributed by atoms with Crippen molar-refractivity contribution < 1.29 is 34.1 Å². The number of nitro groups is 2. The van der Waals surface area contributed by atoms with Gasteiger partial charge in [-0.3, -0.25) is 30.6 Å². The summed E-state index contributed by atoms with van der Waals surface area (Å²) in [4.78, 5) is 19.5. The normalized spacial score (nSPS) is 12.7. The lowest BCUT2D eigenvalue weighted by atomic mass is 10.3. The molecule has 0 radical (unpaired) electrons. The summed E-state index contributed by atoms with van der Waals surface area (Å²) in [6.45, 7) is 0. The predicted octanol–water partition coefficient (Wildman–Crippen LogP) is 2.48. The van der Waals surface area contributed by atoms with Gasteiger partial charge in [0.1, 0.15) is 12.1 Å². The molecule has 0 atom stereocenters. The van der Waals surface area contributed by atoms with Crippen LogP contribution in [0.2, 0.25) is 0 Å². The molecule has 3 rings (SSSR count). The van der Waals surface area contributed by atoms with Crippen LogP contribution in [0.15, 0.2) is 33.7 Å². The molecule has 14 heteroatoms. The Kier molecular flexibility index (Phi) is 6.43. The molecule has 0 aliphatic heterocycles. The lowest BCUT2D eigenvalue weighted by Crippen LogP contribution is -2.32. The van der Waals surface area contributed by atoms with Crippen LogP contribution in [0, 0.1) is 26.0 Å². The highest BCUT2D eigenvalue weighted by Gasteiger charge is 2.29. The number of hydrogen-bond donors (Lipinski definition) is 3. The number of rotatable bonds is 4. The van der Waals surface area contributed by atoms with Gasteiger partial charge in [0.2, 0.25) is 0 Å². The van der Waals surface area contributed by atoms with Crippen molar-refractivity contribution in [2.45, 2.75) is 18.9 Å². The molecule has 1 aliphatic rings. The molecular weight excluding hydrogens is 501 g/mol. The van der Waals surface area contributed by atoms with Gasteiger partial charge in [-0.15, -0.1) is 0 Å². The van der Waals surface area contributed by atoms with E-state index in [2.05, 4.69) is 37.2 Å². The van der Waals surface area contributed by atoms with Crippen molar-refractivity contribution in [2.24, 2.45) is 0 Å². The largest absolute Gasteiger partial charge is 0.372 e. The van der Waals surface area contributed by atoms with Crippen LogP contribution in [0.3, 0.4) is 0 Å². The van der Waals surface area contributed by atoms with Crippen LogP contribution >= 0.6 is 31.9 Å². The van der Waals surface area contributed by atoms with Crippen molar-refractivity contribution in [1.29, 1.82) is 0 Å².